The SMILES string of the molecule is CN[C@H](C)c1ccc(-c2ccnc3[nH]c(=O)ccc23)cc1. The van der Waals surface area contributed by atoms with Gasteiger partial charge in [0.2, 0.25) is 5.56 Å². The van der Waals surface area contributed by atoms with E-state index in [1.54, 1.807) is 6.20 Å². The Bertz CT molecular complexity index is 821. The fourth-order valence-electron chi connectivity index (χ4n) is 2.43. The molecule has 0 aliphatic carbocycles. The van der Waals surface area contributed by atoms with Crippen molar-refractivity contribution in [3.8, 4) is 11.1 Å². The number of rotatable bonds is 3. The van der Waals surface area contributed by atoms with Gasteiger partial charge in [0.15, 0.2) is 0 Å². The Kier molecular flexibility index (Phi) is 3.54. The van der Waals surface area contributed by atoms with E-state index in [1.165, 1.54) is 11.6 Å². The van der Waals surface area contributed by atoms with Crippen LogP contribution in [0.1, 0.15) is 18.5 Å². The molecular weight excluding hydrogens is 262 g/mol. The van der Waals surface area contributed by atoms with E-state index < -0.39 is 0 Å². The molecule has 3 rings (SSSR count). The van der Waals surface area contributed by atoms with Gasteiger partial charge in [0.05, 0.1) is 0 Å². The summed E-state index contributed by atoms with van der Waals surface area (Å²) in [5, 5.41) is 4.18. The van der Waals surface area contributed by atoms with Crippen molar-refractivity contribution in [2.24, 2.45) is 0 Å². The second-order valence-corrected chi connectivity index (χ2v) is 5.08. The minimum absolute atomic E-state index is 0.134. The van der Waals surface area contributed by atoms with Crippen molar-refractivity contribution in [1.29, 1.82) is 0 Å². The number of H-pyrrole nitrogens is 1. The quantitative estimate of drug-likeness (QED) is 0.775. The molecule has 2 heterocycles. The van der Waals surface area contributed by atoms with Crippen molar-refractivity contribution in [2.45, 2.75) is 13.0 Å². The molecule has 1 aromatic carbocycles. The summed E-state index contributed by atoms with van der Waals surface area (Å²) in [6, 6.07) is 14.1. The molecule has 0 aliphatic heterocycles. The molecule has 2 aromatic heterocycles. The van der Waals surface area contributed by atoms with Crippen molar-refractivity contribution in [3.05, 3.63) is 64.6 Å². The maximum atomic E-state index is 11.4. The number of hydrogen-bond acceptors (Lipinski definition) is 3. The number of aromatic amines is 1. The van der Waals surface area contributed by atoms with Crippen LogP contribution in [0.3, 0.4) is 0 Å². The van der Waals surface area contributed by atoms with Gasteiger partial charge in [-0.15, -0.1) is 0 Å². The number of pyridine rings is 2. The van der Waals surface area contributed by atoms with E-state index in [0.717, 1.165) is 16.5 Å². The van der Waals surface area contributed by atoms with E-state index in [4.69, 9.17) is 0 Å². The first-order valence-corrected chi connectivity index (χ1v) is 6.94. The zero-order chi connectivity index (χ0) is 14.8. The molecule has 0 radical (unpaired) electrons. The van der Waals surface area contributed by atoms with Crippen LogP contribution in [0.25, 0.3) is 22.2 Å². The average Bonchev–Trinajstić information content (AvgIpc) is 2.53. The van der Waals surface area contributed by atoms with Crippen LogP contribution in [0.15, 0.2) is 53.5 Å². The summed E-state index contributed by atoms with van der Waals surface area (Å²) in [7, 11) is 1.95. The Morgan fingerprint density at radius 3 is 2.57 bits per heavy atom. The van der Waals surface area contributed by atoms with Crippen molar-refractivity contribution in [3.63, 3.8) is 0 Å². The van der Waals surface area contributed by atoms with Gasteiger partial charge in [-0.2, -0.15) is 0 Å². The highest BCUT2D eigenvalue weighted by Crippen LogP contribution is 2.27. The van der Waals surface area contributed by atoms with Gasteiger partial charge in [0, 0.05) is 23.7 Å². The van der Waals surface area contributed by atoms with Gasteiger partial charge >= 0.3 is 0 Å². The summed E-state index contributed by atoms with van der Waals surface area (Å²) in [6.45, 7) is 2.13. The Balaban J connectivity index is 2.10. The third kappa shape index (κ3) is 2.58. The Labute approximate surface area is 122 Å². The predicted octanol–water partition coefficient (Wildman–Crippen LogP) is 2.87. The number of benzene rings is 1. The molecule has 3 aromatic rings. The first kappa shape index (κ1) is 13.5. The molecule has 0 saturated heterocycles. The van der Waals surface area contributed by atoms with E-state index in [-0.39, 0.29) is 5.56 Å². The molecular formula is C17H17N3O. The number of fused-ring (bicyclic) bond motifs is 1. The Hall–Kier alpha value is -2.46. The molecule has 0 saturated carbocycles. The molecule has 4 heteroatoms. The van der Waals surface area contributed by atoms with Crippen molar-refractivity contribution in [2.75, 3.05) is 7.05 Å². The Morgan fingerprint density at radius 1 is 1.10 bits per heavy atom. The largest absolute Gasteiger partial charge is 0.313 e. The van der Waals surface area contributed by atoms with Crippen LogP contribution in [0.5, 0.6) is 0 Å². The van der Waals surface area contributed by atoms with E-state index >= 15 is 0 Å². The lowest BCUT2D eigenvalue weighted by atomic mass is 10.00. The third-order valence-corrected chi connectivity index (χ3v) is 3.79. The first-order valence-electron chi connectivity index (χ1n) is 6.94. The van der Waals surface area contributed by atoms with Crippen LogP contribution in [-0.2, 0) is 0 Å². The lowest BCUT2D eigenvalue weighted by Crippen LogP contribution is -2.11. The maximum absolute atomic E-state index is 11.4. The van der Waals surface area contributed by atoms with Gasteiger partial charge in [-0.1, -0.05) is 24.3 Å². The maximum Gasteiger partial charge on any atom is 0.249 e. The second-order valence-electron chi connectivity index (χ2n) is 5.08. The average molecular weight is 279 g/mol. The smallest absolute Gasteiger partial charge is 0.249 e. The van der Waals surface area contributed by atoms with Crippen molar-refractivity contribution in [1.82, 2.24) is 15.3 Å². The Morgan fingerprint density at radius 2 is 1.86 bits per heavy atom. The zero-order valence-electron chi connectivity index (χ0n) is 12.1. The summed E-state index contributed by atoms with van der Waals surface area (Å²) in [5.74, 6) is 0. The van der Waals surface area contributed by atoms with Crippen LogP contribution in [0, 0.1) is 0 Å². The van der Waals surface area contributed by atoms with Crippen LogP contribution < -0.4 is 10.9 Å². The summed E-state index contributed by atoms with van der Waals surface area (Å²) >= 11 is 0. The monoisotopic (exact) mass is 279 g/mol. The van der Waals surface area contributed by atoms with Gasteiger partial charge < -0.3 is 10.3 Å². The molecule has 21 heavy (non-hydrogen) atoms. The third-order valence-electron chi connectivity index (χ3n) is 3.79. The summed E-state index contributed by atoms with van der Waals surface area (Å²) in [4.78, 5) is 18.4. The van der Waals surface area contributed by atoms with E-state index in [9.17, 15) is 4.79 Å². The van der Waals surface area contributed by atoms with Crippen LogP contribution in [0.2, 0.25) is 0 Å². The lowest BCUT2D eigenvalue weighted by molar-refractivity contribution is 0.652. The van der Waals surface area contributed by atoms with Crippen molar-refractivity contribution < 1.29 is 0 Å². The number of aromatic nitrogens is 2. The fourth-order valence-corrected chi connectivity index (χ4v) is 2.43. The number of nitrogens with one attached hydrogen (secondary N) is 2. The number of hydrogen-bond donors (Lipinski definition) is 2. The highest BCUT2D eigenvalue weighted by molar-refractivity contribution is 5.92. The fraction of sp³-hybridized carbons (Fsp3) is 0.176. The van der Waals surface area contributed by atoms with Crippen LogP contribution in [0.4, 0.5) is 0 Å². The molecule has 4 nitrogen and oxygen atoms in total. The standard InChI is InChI=1S/C17H17N3O/c1-11(18-2)12-3-5-13(6-4-12)14-9-10-19-17-15(14)7-8-16(21)20-17/h3-11,18H,1-2H3,(H,19,20,21)/t11-/m1/s1. The van der Waals surface area contributed by atoms with Gasteiger partial charge in [0.1, 0.15) is 5.65 Å². The van der Waals surface area contributed by atoms with Gasteiger partial charge in [-0.3, -0.25) is 4.79 Å². The summed E-state index contributed by atoms with van der Waals surface area (Å²) in [6.07, 6.45) is 1.72. The van der Waals surface area contributed by atoms with E-state index in [2.05, 4.69) is 46.5 Å². The lowest BCUT2D eigenvalue weighted by Gasteiger charge is -2.12. The van der Waals surface area contributed by atoms with Gasteiger partial charge in [0.25, 0.3) is 0 Å². The highest BCUT2D eigenvalue weighted by Gasteiger charge is 2.07. The molecule has 2 N–H and O–H groups in total. The molecule has 0 spiro atoms. The molecule has 1 atom stereocenters. The molecule has 0 unspecified atom stereocenters. The predicted molar refractivity (Wildman–Crippen MR) is 85.3 cm³/mol. The topological polar surface area (TPSA) is 57.8 Å². The molecule has 0 fully saturated rings. The molecule has 0 aliphatic rings. The number of nitrogens with zero attached hydrogens (tertiary/aromatic N) is 1. The van der Waals surface area contributed by atoms with Crippen LogP contribution >= 0.6 is 0 Å². The highest BCUT2D eigenvalue weighted by atomic mass is 16.1. The van der Waals surface area contributed by atoms with E-state index in [1.807, 2.05) is 19.2 Å². The molecule has 0 bridgehead atoms. The minimum Gasteiger partial charge on any atom is -0.313 e. The summed E-state index contributed by atoms with van der Waals surface area (Å²) < 4.78 is 0. The minimum atomic E-state index is -0.134. The van der Waals surface area contributed by atoms with Crippen molar-refractivity contribution >= 4 is 11.0 Å². The van der Waals surface area contributed by atoms with E-state index in [0.29, 0.717) is 11.7 Å². The van der Waals surface area contributed by atoms with Gasteiger partial charge in [-0.25, -0.2) is 4.98 Å². The summed E-state index contributed by atoms with van der Waals surface area (Å²) in [5.41, 5.74) is 3.91. The molecule has 0 amide bonds. The second kappa shape index (κ2) is 5.50. The first-order chi connectivity index (χ1) is 10.2. The van der Waals surface area contributed by atoms with Crippen LogP contribution in [-0.4, -0.2) is 17.0 Å². The normalized spacial score (nSPS) is 12.5. The van der Waals surface area contributed by atoms with Gasteiger partial charge in [-0.05, 0) is 42.8 Å². The molecule has 106 valence electrons. The zero-order valence-corrected chi connectivity index (χ0v) is 12.1.